The zero-order chi connectivity index (χ0) is 24.9. The normalized spacial score (nSPS) is 12.9. The molecule has 1 saturated carbocycles. The Morgan fingerprint density at radius 3 is 2.53 bits per heavy atom. The van der Waals surface area contributed by atoms with Gasteiger partial charge in [-0.2, -0.15) is 0 Å². The van der Waals surface area contributed by atoms with E-state index in [4.69, 9.17) is 0 Å². The second kappa shape index (κ2) is 11.0. The highest BCUT2D eigenvalue weighted by molar-refractivity contribution is 9.10. The lowest BCUT2D eigenvalue weighted by Crippen LogP contribution is -2.45. The van der Waals surface area contributed by atoms with Crippen molar-refractivity contribution in [1.29, 1.82) is 0 Å². The van der Waals surface area contributed by atoms with Crippen LogP contribution in [0.3, 0.4) is 0 Å². The van der Waals surface area contributed by atoms with Crippen molar-refractivity contribution in [3.63, 3.8) is 0 Å². The summed E-state index contributed by atoms with van der Waals surface area (Å²) in [6.07, 6.45) is 4.61. The minimum Gasteiger partial charge on any atom is -0.361 e. The van der Waals surface area contributed by atoms with Gasteiger partial charge >= 0.3 is 6.03 Å². The van der Waals surface area contributed by atoms with Crippen LogP contribution >= 0.6 is 15.9 Å². The van der Waals surface area contributed by atoms with Crippen molar-refractivity contribution in [2.45, 2.75) is 31.8 Å². The van der Waals surface area contributed by atoms with Crippen LogP contribution in [-0.4, -0.2) is 45.9 Å². The molecule has 1 aliphatic carbocycles. The number of fused-ring (bicyclic) bond motifs is 1. The Hall–Kier alpha value is -3.58. The number of carbonyl (C=O) groups is 2. The molecule has 0 spiro atoms. The van der Waals surface area contributed by atoms with E-state index < -0.39 is 0 Å². The first-order valence-electron chi connectivity index (χ1n) is 12.3. The monoisotopic (exact) mass is 544 g/mol. The zero-order valence-corrected chi connectivity index (χ0v) is 21.6. The summed E-state index contributed by atoms with van der Waals surface area (Å²) in [4.78, 5) is 33.6. The van der Waals surface area contributed by atoms with Gasteiger partial charge < -0.3 is 20.1 Å². The zero-order valence-electron chi connectivity index (χ0n) is 20.0. The summed E-state index contributed by atoms with van der Waals surface area (Å²) >= 11 is 3.44. The molecule has 5 rings (SSSR count). The Bertz CT molecular complexity index is 1350. The van der Waals surface area contributed by atoms with Crippen LogP contribution < -0.4 is 5.32 Å². The average Bonchev–Trinajstić information content (AvgIpc) is 3.65. The van der Waals surface area contributed by atoms with E-state index in [9.17, 15) is 9.59 Å². The molecule has 0 atom stereocenters. The molecule has 1 aromatic heterocycles. The van der Waals surface area contributed by atoms with Crippen LogP contribution in [0.15, 0.2) is 89.5 Å². The fourth-order valence-corrected chi connectivity index (χ4v) is 4.85. The molecule has 1 fully saturated rings. The molecule has 0 unspecified atom stereocenters. The van der Waals surface area contributed by atoms with E-state index in [0.717, 1.165) is 34.8 Å². The minimum absolute atomic E-state index is 0.0463. The predicted molar refractivity (Wildman–Crippen MR) is 147 cm³/mol. The SMILES string of the molecule is O=C(CN(C(=O)Nc1cccc(Br)c1)C1CC1)N(CCc1c[nH]c2ccccc12)Cc1ccccc1. The van der Waals surface area contributed by atoms with Gasteiger partial charge in [-0.3, -0.25) is 4.79 Å². The van der Waals surface area contributed by atoms with Crippen LogP contribution in [0.5, 0.6) is 0 Å². The molecule has 7 heteroatoms. The maximum atomic E-state index is 13.6. The number of nitrogens with zero attached hydrogens (tertiary/aromatic N) is 2. The summed E-state index contributed by atoms with van der Waals surface area (Å²) in [7, 11) is 0. The van der Waals surface area contributed by atoms with Crippen LogP contribution in [-0.2, 0) is 17.8 Å². The summed E-state index contributed by atoms with van der Waals surface area (Å²) in [6, 6.07) is 25.6. The van der Waals surface area contributed by atoms with Gasteiger partial charge in [-0.1, -0.05) is 70.5 Å². The number of aromatic nitrogens is 1. The first kappa shape index (κ1) is 24.1. The number of carbonyl (C=O) groups excluding carboxylic acids is 2. The molecule has 2 N–H and O–H groups in total. The smallest absolute Gasteiger partial charge is 0.322 e. The van der Waals surface area contributed by atoms with E-state index in [-0.39, 0.29) is 24.5 Å². The number of aromatic amines is 1. The summed E-state index contributed by atoms with van der Waals surface area (Å²) < 4.78 is 0.890. The van der Waals surface area contributed by atoms with E-state index in [1.165, 1.54) is 10.9 Å². The van der Waals surface area contributed by atoms with Crippen molar-refractivity contribution in [3.05, 3.63) is 101 Å². The van der Waals surface area contributed by atoms with Crippen molar-refractivity contribution < 1.29 is 9.59 Å². The summed E-state index contributed by atoms with van der Waals surface area (Å²) in [6.45, 7) is 1.14. The first-order valence-corrected chi connectivity index (χ1v) is 13.1. The third-order valence-corrected chi connectivity index (χ3v) is 7.02. The van der Waals surface area contributed by atoms with Crippen molar-refractivity contribution >= 4 is 44.5 Å². The van der Waals surface area contributed by atoms with Crippen molar-refractivity contribution in [3.8, 4) is 0 Å². The first-order chi connectivity index (χ1) is 17.6. The van der Waals surface area contributed by atoms with Gasteiger partial charge in [0.2, 0.25) is 5.91 Å². The molecule has 4 aromatic rings. The lowest BCUT2D eigenvalue weighted by molar-refractivity contribution is -0.132. The van der Waals surface area contributed by atoms with Crippen LogP contribution in [0.2, 0.25) is 0 Å². The van der Waals surface area contributed by atoms with Gasteiger partial charge in [-0.25, -0.2) is 4.79 Å². The highest BCUT2D eigenvalue weighted by Gasteiger charge is 2.35. The molecule has 0 saturated heterocycles. The lowest BCUT2D eigenvalue weighted by atomic mass is 10.1. The Labute approximate surface area is 219 Å². The number of benzene rings is 3. The number of para-hydroxylation sites is 1. The number of rotatable bonds is 9. The molecule has 3 amide bonds. The molecule has 0 bridgehead atoms. The van der Waals surface area contributed by atoms with E-state index in [1.54, 1.807) is 4.90 Å². The molecular formula is C29H29BrN4O2. The standard InChI is InChI=1S/C29H29BrN4O2/c30-23-9-6-10-24(17-23)32-29(36)34(25-13-14-25)20-28(35)33(19-21-7-2-1-3-8-21)16-15-22-18-31-27-12-5-4-11-26(22)27/h1-12,17-18,25,31H,13-16,19-20H2,(H,32,36). The fourth-order valence-electron chi connectivity index (χ4n) is 4.45. The highest BCUT2D eigenvalue weighted by Crippen LogP contribution is 2.28. The molecule has 0 aliphatic heterocycles. The molecule has 1 heterocycles. The minimum atomic E-state index is -0.236. The summed E-state index contributed by atoms with van der Waals surface area (Å²) in [5, 5.41) is 4.13. The van der Waals surface area contributed by atoms with Crippen LogP contribution in [0.4, 0.5) is 10.5 Å². The van der Waals surface area contributed by atoms with Gasteiger partial charge in [-0.05, 0) is 54.7 Å². The lowest BCUT2D eigenvalue weighted by Gasteiger charge is -2.28. The van der Waals surface area contributed by atoms with E-state index in [1.807, 2.05) is 77.8 Å². The number of urea groups is 1. The van der Waals surface area contributed by atoms with E-state index in [0.29, 0.717) is 18.8 Å². The predicted octanol–water partition coefficient (Wildman–Crippen LogP) is 6.20. The quantitative estimate of drug-likeness (QED) is 0.263. The van der Waals surface area contributed by atoms with E-state index >= 15 is 0 Å². The van der Waals surface area contributed by atoms with Gasteiger partial charge in [0.25, 0.3) is 0 Å². The summed E-state index contributed by atoms with van der Waals surface area (Å²) in [5.41, 5.74) is 4.05. The number of hydrogen-bond acceptors (Lipinski definition) is 2. The molecular weight excluding hydrogens is 516 g/mol. The maximum Gasteiger partial charge on any atom is 0.322 e. The maximum absolute atomic E-state index is 13.6. The fraction of sp³-hybridized carbons (Fsp3) is 0.241. The molecule has 3 aromatic carbocycles. The number of hydrogen-bond donors (Lipinski definition) is 2. The molecule has 6 nitrogen and oxygen atoms in total. The summed E-state index contributed by atoms with van der Waals surface area (Å²) in [5.74, 6) is -0.0463. The van der Waals surface area contributed by atoms with Crippen LogP contribution in [0.1, 0.15) is 24.0 Å². The van der Waals surface area contributed by atoms with Gasteiger partial charge in [0.15, 0.2) is 0 Å². The van der Waals surface area contributed by atoms with E-state index in [2.05, 4.69) is 38.4 Å². The number of H-pyrrole nitrogens is 1. The topological polar surface area (TPSA) is 68.4 Å². The second-order valence-corrected chi connectivity index (χ2v) is 10.1. The third kappa shape index (κ3) is 5.97. The largest absolute Gasteiger partial charge is 0.361 e. The number of amides is 3. The van der Waals surface area contributed by atoms with Gasteiger partial charge in [0.05, 0.1) is 0 Å². The van der Waals surface area contributed by atoms with Crippen molar-refractivity contribution in [1.82, 2.24) is 14.8 Å². The third-order valence-electron chi connectivity index (χ3n) is 6.52. The Morgan fingerprint density at radius 2 is 1.75 bits per heavy atom. The Morgan fingerprint density at radius 1 is 0.972 bits per heavy atom. The Kier molecular flexibility index (Phi) is 7.37. The number of nitrogens with one attached hydrogen (secondary N) is 2. The van der Waals surface area contributed by atoms with Gasteiger partial charge in [0.1, 0.15) is 6.54 Å². The molecule has 0 radical (unpaired) electrons. The van der Waals surface area contributed by atoms with Crippen molar-refractivity contribution in [2.75, 3.05) is 18.4 Å². The van der Waals surface area contributed by atoms with Crippen LogP contribution in [0.25, 0.3) is 10.9 Å². The number of anilines is 1. The Balaban J connectivity index is 1.31. The number of halogens is 1. The van der Waals surface area contributed by atoms with Gasteiger partial charge in [-0.15, -0.1) is 0 Å². The van der Waals surface area contributed by atoms with Crippen LogP contribution in [0, 0.1) is 0 Å². The molecule has 1 aliphatic rings. The molecule has 184 valence electrons. The van der Waals surface area contributed by atoms with Crippen molar-refractivity contribution in [2.24, 2.45) is 0 Å². The average molecular weight is 545 g/mol. The molecule has 36 heavy (non-hydrogen) atoms. The highest BCUT2D eigenvalue weighted by atomic mass is 79.9. The second-order valence-electron chi connectivity index (χ2n) is 9.21. The van der Waals surface area contributed by atoms with Gasteiger partial charge in [0, 0.05) is 46.4 Å².